The van der Waals surface area contributed by atoms with Crippen LogP contribution in [0.3, 0.4) is 0 Å². The molecule has 94 valence electrons. The predicted molar refractivity (Wildman–Crippen MR) is 61.3 cm³/mol. The van der Waals surface area contributed by atoms with Crippen molar-refractivity contribution >= 4 is 17.3 Å². The molecule has 1 aromatic heterocycles. The van der Waals surface area contributed by atoms with Crippen molar-refractivity contribution in [3.63, 3.8) is 0 Å². The fourth-order valence-electron chi connectivity index (χ4n) is 1.09. The topological polar surface area (TPSA) is 139 Å². The van der Waals surface area contributed by atoms with Gasteiger partial charge in [0.15, 0.2) is 0 Å². The number of anilines is 2. The number of hydrazine groups is 1. The van der Waals surface area contributed by atoms with Crippen LogP contribution in [-0.2, 0) is 0 Å². The molecular formula is C8H14N6O3. The first-order valence-electron chi connectivity index (χ1n) is 4.77. The van der Waals surface area contributed by atoms with E-state index in [4.69, 9.17) is 5.84 Å². The number of hydrogen-bond acceptors (Lipinski definition) is 8. The number of nitrogens with zero attached hydrogens (tertiary/aromatic N) is 3. The van der Waals surface area contributed by atoms with Gasteiger partial charge in [-0.1, -0.05) is 0 Å². The molecule has 0 spiro atoms. The molecular weight excluding hydrogens is 228 g/mol. The van der Waals surface area contributed by atoms with Crippen molar-refractivity contribution in [2.24, 2.45) is 5.84 Å². The summed E-state index contributed by atoms with van der Waals surface area (Å²) in [7, 11) is 0. The summed E-state index contributed by atoms with van der Waals surface area (Å²) in [4.78, 5) is 17.6. The third kappa shape index (κ3) is 3.50. The van der Waals surface area contributed by atoms with Crippen LogP contribution in [0.25, 0.3) is 0 Å². The fraction of sp³-hybridized carbons (Fsp3) is 0.500. The highest BCUT2D eigenvalue weighted by atomic mass is 16.6. The van der Waals surface area contributed by atoms with Crippen LogP contribution in [0.15, 0.2) is 6.33 Å². The summed E-state index contributed by atoms with van der Waals surface area (Å²) >= 11 is 0. The fourth-order valence-corrected chi connectivity index (χ4v) is 1.09. The SMILES string of the molecule is CC(C)(O)CNc1ncnc(NN)c1[N+](=O)[O-]. The van der Waals surface area contributed by atoms with E-state index in [1.165, 1.54) is 0 Å². The van der Waals surface area contributed by atoms with Gasteiger partial charge < -0.3 is 15.8 Å². The zero-order valence-electron chi connectivity index (χ0n) is 9.47. The molecule has 0 bridgehead atoms. The van der Waals surface area contributed by atoms with Crippen molar-refractivity contribution < 1.29 is 10.0 Å². The summed E-state index contributed by atoms with van der Waals surface area (Å²) in [6.07, 6.45) is 1.13. The third-order valence-electron chi connectivity index (χ3n) is 1.83. The molecule has 0 atom stereocenters. The van der Waals surface area contributed by atoms with Gasteiger partial charge in [-0.05, 0) is 13.8 Å². The van der Waals surface area contributed by atoms with E-state index in [1.54, 1.807) is 13.8 Å². The van der Waals surface area contributed by atoms with Gasteiger partial charge in [-0.15, -0.1) is 0 Å². The number of nitrogen functional groups attached to an aromatic ring is 1. The van der Waals surface area contributed by atoms with Gasteiger partial charge in [-0.2, -0.15) is 0 Å². The number of nitro groups is 1. The molecule has 0 radical (unpaired) electrons. The normalized spacial score (nSPS) is 11.1. The zero-order valence-corrected chi connectivity index (χ0v) is 9.47. The van der Waals surface area contributed by atoms with E-state index in [0.717, 1.165) is 6.33 Å². The maximum absolute atomic E-state index is 10.9. The second-order valence-electron chi connectivity index (χ2n) is 3.99. The quantitative estimate of drug-likeness (QED) is 0.317. The highest BCUT2D eigenvalue weighted by Gasteiger charge is 2.23. The highest BCUT2D eigenvalue weighted by molar-refractivity contribution is 5.68. The van der Waals surface area contributed by atoms with Gasteiger partial charge in [0, 0.05) is 6.54 Å². The van der Waals surface area contributed by atoms with E-state index in [2.05, 4.69) is 20.7 Å². The van der Waals surface area contributed by atoms with E-state index in [9.17, 15) is 15.2 Å². The summed E-state index contributed by atoms with van der Waals surface area (Å²) in [5.74, 6) is 5.02. The summed E-state index contributed by atoms with van der Waals surface area (Å²) in [6.45, 7) is 3.24. The molecule has 1 rings (SSSR count). The lowest BCUT2D eigenvalue weighted by atomic mass is 10.1. The summed E-state index contributed by atoms with van der Waals surface area (Å²) in [5.41, 5.74) is 0.739. The van der Waals surface area contributed by atoms with E-state index in [-0.39, 0.29) is 23.9 Å². The maximum Gasteiger partial charge on any atom is 0.354 e. The lowest BCUT2D eigenvalue weighted by Gasteiger charge is -2.18. The Hall–Kier alpha value is -2.00. The van der Waals surface area contributed by atoms with Crippen molar-refractivity contribution in [2.75, 3.05) is 17.3 Å². The first kappa shape index (κ1) is 13.1. The molecule has 0 aliphatic carbocycles. The van der Waals surface area contributed by atoms with Gasteiger partial charge in [0.25, 0.3) is 0 Å². The minimum absolute atomic E-state index is 0.0000694. The van der Waals surface area contributed by atoms with Gasteiger partial charge in [0.2, 0.25) is 11.6 Å². The van der Waals surface area contributed by atoms with Crippen LogP contribution < -0.4 is 16.6 Å². The van der Waals surface area contributed by atoms with Crippen LogP contribution >= 0.6 is 0 Å². The smallest absolute Gasteiger partial charge is 0.354 e. The van der Waals surface area contributed by atoms with Crippen LogP contribution in [0, 0.1) is 10.1 Å². The number of aromatic nitrogens is 2. The minimum atomic E-state index is -1.02. The van der Waals surface area contributed by atoms with E-state index >= 15 is 0 Å². The first-order chi connectivity index (χ1) is 7.85. The third-order valence-corrected chi connectivity index (χ3v) is 1.83. The number of nitrogens with two attached hydrogens (primary N) is 1. The molecule has 0 fully saturated rings. The monoisotopic (exact) mass is 242 g/mol. The second kappa shape index (κ2) is 4.89. The average Bonchev–Trinajstić information content (AvgIpc) is 2.24. The highest BCUT2D eigenvalue weighted by Crippen LogP contribution is 2.28. The molecule has 0 aliphatic rings. The van der Waals surface area contributed by atoms with Crippen LogP contribution in [0.1, 0.15) is 13.8 Å². The molecule has 9 heteroatoms. The number of nitrogens with one attached hydrogen (secondary N) is 2. The van der Waals surface area contributed by atoms with Gasteiger partial charge in [0.05, 0.1) is 10.5 Å². The van der Waals surface area contributed by atoms with Crippen molar-refractivity contribution in [1.29, 1.82) is 0 Å². The molecule has 9 nitrogen and oxygen atoms in total. The summed E-state index contributed by atoms with van der Waals surface area (Å²) < 4.78 is 0. The molecule has 1 aromatic rings. The average molecular weight is 242 g/mol. The number of aliphatic hydroxyl groups is 1. The van der Waals surface area contributed by atoms with Gasteiger partial charge in [-0.25, -0.2) is 15.8 Å². The summed E-state index contributed by atoms with van der Waals surface area (Å²) in [5, 5.41) is 23.0. The Morgan fingerprint density at radius 2 is 2.12 bits per heavy atom. The van der Waals surface area contributed by atoms with Crippen LogP contribution in [0.2, 0.25) is 0 Å². The summed E-state index contributed by atoms with van der Waals surface area (Å²) in [6, 6.07) is 0. The molecule has 0 saturated carbocycles. The molecule has 0 aliphatic heterocycles. The van der Waals surface area contributed by atoms with Crippen molar-refractivity contribution in [3.05, 3.63) is 16.4 Å². The largest absolute Gasteiger partial charge is 0.389 e. The molecule has 0 unspecified atom stereocenters. The minimum Gasteiger partial charge on any atom is -0.389 e. The lowest BCUT2D eigenvalue weighted by molar-refractivity contribution is -0.383. The number of rotatable bonds is 5. The molecule has 0 saturated heterocycles. The van der Waals surface area contributed by atoms with Gasteiger partial charge in [0.1, 0.15) is 6.33 Å². The zero-order chi connectivity index (χ0) is 13.1. The van der Waals surface area contributed by atoms with E-state index in [1.807, 2.05) is 0 Å². The molecule has 1 heterocycles. The van der Waals surface area contributed by atoms with Gasteiger partial charge in [-0.3, -0.25) is 10.1 Å². The van der Waals surface area contributed by atoms with Crippen molar-refractivity contribution in [2.45, 2.75) is 19.4 Å². The molecule has 0 aromatic carbocycles. The maximum atomic E-state index is 10.9. The first-order valence-corrected chi connectivity index (χ1v) is 4.77. The molecule has 17 heavy (non-hydrogen) atoms. The second-order valence-corrected chi connectivity index (χ2v) is 3.99. The predicted octanol–water partition coefficient (Wildman–Crippen LogP) is -0.147. The Morgan fingerprint density at radius 1 is 1.53 bits per heavy atom. The number of hydrogen-bond donors (Lipinski definition) is 4. The Balaban J connectivity index is 3.02. The van der Waals surface area contributed by atoms with Crippen LogP contribution in [0.5, 0.6) is 0 Å². The van der Waals surface area contributed by atoms with Gasteiger partial charge >= 0.3 is 5.69 Å². The van der Waals surface area contributed by atoms with E-state index in [0.29, 0.717) is 0 Å². The molecule has 5 N–H and O–H groups in total. The Morgan fingerprint density at radius 3 is 2.59 bits per heavy atom. The Labute approximate surface area is 97.2 Å². The van der Waals surface area contributed by atoms with Crippen molar-refractivity contribution in [3.8, 4) is 0 Å². The van der Waals surface area contributed by atoms with Crippen molar-refractivity contribution in [1.82, 2.24) is 9.97 Å². The lowest BCUT2D eigenvalue weighted by Crippen LogP contribution is -2.30. The standard InChI is InChI=1S/C8H14N6O3/c1-8(2,15)3-10-6-5(14(16)17)7(13-9)12-4-11-6/h4,15H,3,9H2,1-2H3,(H2,10,11,12,13). The van der Waals surface area contributed by atoms with Crippen LogP contribution in [-0.4, -0.2) is 32.1 Å². The molecule has 0 amide bonds. The Kier molecular flexibility index (Phi) is 3.76. The van der Waals surface area contributed by atoms with E-state index < -0.39 is 10.5 Å². The van der Waals surface area contributed by atoms with Crippen LogP contribution in [0.4, 0.5) is 17.3 Å². The Bertz CT molecular complexity index is 416.